The largest absolute Gasteiger partial charge is 0.495 e. The molecule has 1 saturated heterocycles. The third kappa shape index (κ3) is 2.50. The number of aryl methyl sites for hydroxylation is 1. The van der Waals surface area contributed by atoms with E-state index in [1.54, 1.807) is 0 Å². The van der Waals surface area contributed by atoms with Crippen molar-refractivity contribution < 1.29 is 9.31 Å². The maximum absolute atomic E-state index is 6.13. The molecule has 1 aromatic rings. The van der Waals surface area contributed by atoms with E-state index < -0.39 is 0 Å². The molecule has 102 valence electrons. The molecule has 1 aliphatic rings. The summed E-state index contributed by atoms with van der Waals surface area (Å²) in [5, 5.41) is 0. The zero-order valence-electron chi connectivity index (χ0n) is 12.8. The van der Waals surface area contributed by atoms with E-state index in [1.165, 1.54) is 5.56 Å². The Morgan fingerprint density at radius 1 is 1.11 bits per heavy atom. The Morgan fingerprint density at radius 2 is 1.63 bits per heavy atom. The average Bonchev–Trinajstić information content (AvgIpc) is 2.47. The highest BCUT2D eigenvalue weighted by atomic mass is 16.7. The van der Waals surface area contributed by atoms with Gasteiger partial charge in [-0.2, -0.15) is 0 Å². The third-order valence-electron chi connectivity index (χ3n) is 4.17. The van der Waals surface area contributed by atoms with Crippen molar-refractivity contribution in [2.45, 2.75) is 52.7 Å². The Morgan fingerprint density at radius 3 is 2.11 bits per heavy atom. The number of hydrogen-bond acceptors (Lipinski definition) is 2. The smallest absolute Gasteiger partial charge is 0.399 e. The molecular weight excluding hydrogens is 235 g/mol. The van der Waals surface area contributed by atoms with Crippen molar-refractivity contribution in [2.75, 3.05) is 0 Å². The molecule has 0 N–H and O–H groups in total. The summed E-state index contributed by atoms with van der Waals surface area (Å²) in [6.07, 6.45) is 0. The van der Waals surface area contributed by atoms with Crippen LogP contribution >= 0.6 is 0 Å². The predicted molar refractivity (Wildman–Crippen MR) is 81.6 cm³/mol. The van der Waals surface area contributed by atoms with Gasteiger partial charge in [-0.3, -0.25) is 0 Å². The topological polar surface area (TPSA) is 18.5 Å². The molecule has 3 heteroatoms. The van der Waals surface area contributed by atoms with Gasteiger partial charge >= 0.3 is 7.12 Å². The highest BCUT2D eigenvalue weighted by molar-refractivity contribution is 6.63. The van der Waals surface area contributed by atoms with Gasteiger partial charge in [-0.15, -0.1) is 0 Å². The van der Waals surface area contributed by atoms with Crippen molar-refractivity contribution >= 4 is 18.2 Å². The van der Waals surface area contributed by atoms with Crippen molar-refractivity contribution in [2.24, 2.45) is 0 Å². The van der Waals surface area contributed by atoms with Gasteiger partial charge < -0.3 is 9.31 Å². The van der Waals surface area contributed by atoms with Crippen LogP contribution in [0.1, 0.15) is 45.7 Å². The zero-order chi connectivity index (χ0) is 14.4. The van der Waals surface area contributed by atoms with Crippen molar-refractivity contribution in [1.82, 2.24) is 0 Å². The summed E-state index contributed by atoms with van der Waals surface area (Å²) in [6.45, 7) is 16.4. The quantitative estimate of drug-likeness (QED) is 0.757. The van der Waals surface area contributed by atoms with E-state index in [0.29, 0.717) is 0 Å². The van der Waals surface area contributed by atoms with E-state index in [2.05, 4.69) is 59.4 Å². The molecule has 0 atom stereocenters. The molecule has 0 radical (unpaired) electrons. The summed E-state index contributed by atoms with van der Waals surface area (Å²) in [7, 11) is -0.323. The van der Waals surface area contributed by atoms with E-state index in [-0.39, 0.29) is 18.3 Å². The minimum atomic E-state index is -0.323. The molecule has 1 aromatic carbocycles. The molecule has 0 saturated carbocycles. The fourth-order valence-corrected chi connectivity index (χ4v) is 2.24. The Bertz CT molecular complexity index is 501. The van der Waals surface area contributed by atoms with Crippen LogP contribution in [0.15, 0.2) is 24.8 Å². The van der Waals surface area contributed by atoms with E-state index in [1.807, 2.05) is 6.92 Å². The first kappa shape index (κ1) is 14.4. The van der Waals surface area contributed by atoms with Gasteiger partial charge in [0.05, 0.1) is 11.2 Å². The van der Waals surface area contributed by atoms with Crippen LogP contribution in [0.25, 0.3) is 5.57 Å². The van der Waals surface area contributed by atoms with Gasteiger partial charge in [0.15, 0.2) is 0 Å². The SMILES string of the molecule is C=C(C)c1ccc(C)cc1B1OC(C)(C)C(C)(C)O1. The van der Waals surface area contributed by atoms with Crippen LogP contribution in [0.2, 0.25) is 0 Å². The Labute approximate surface area is 117 Å². The first-order valence-corrected chi connectivity index (χ1v) is 6.76. The maximum atomic E-state index is 6.13. The standard InChI is InChI=1S/C16H23BO2/c1-11(2)13-9-8-12(3)10-14(13)17-18-15(4,5)16(6,7)19-17/h8-10H,1H2,2-7H3. The molecule has 1 heterocycles. The fraction of sp³-hybridized carbons (Fsp3) is 0.500. The highest BCUT2D eigenvalue weighted by Crippen LogP contribution is 2.37. The van der Waals surface area contributed by atoms with E-state index in [4.69, 9.17) is 9.31 Å². The van der Waals surface area contributed by atoms with Gasteiger partial charge in [-0.25, -0.2) is 0 Å². The molecule has 0 amide bonds. The Kier molecular flexibility index (Phi) is 3.40. The molecule has 19 heavy (non-hydrogen) atoms. The summed E-state index contributed by atoms with van der Waals surface area (Å²) in [5.74, 6) is 0. The van der Waals surface area contributed by atoms with Gasteiger partial charge in [0, 0.05) is 0 Å². The molecule has 0 aliphatic carbocycles. The molecule has 1 fully saturated rings. The van der Waals surface area contributed by atoms with Crippen LogP contribution in [0.3, 0.4) is 0 Å². The molecule has 1 aliphatic heterocycles. The van der Waals surface area contributed by atoms with Gasteiger partial charge in [0.1, 0.15) is 0 Å². The molecule has 0 unspecified atom stereocenters. The Balaban J connectivity index is 2.44. The monoisotopic (exact) mass is 258 g/mol. The first-order chi connectivity index (χ1) is 8.64. The second-order valence-electron chi connectivity index (χ2n) is 6.46. The fourth-order valence-electron chi connectivity index (χ4n) is 2.24. The van der Waals surface area contributed by atoms with Crippen LogP contribution in [-0.4, -0.2) is 18.3 Å². The molecule has 2 rings (SSSR count). The lowest BCUT2D eigenvalue weighted by molar-refractivity contribution is 0.00578. The van der Waals surface area contributed by atoms with Crippen LogP contribution in [0.5, 0.6) is 0 Å². The lowest BCUT2D eigenvalue weighted by Gasteiger charge is -2.32. The van der Waals surface area contributed by atoms with Crippen LogP contribution in [0.4, 0.5) is 0 Å². The first-order valence-electron chi connectivity index (χ1n) is 6.76. The van der Waals surface area contributed by atoms with Crippen LogP contribution in [-0.2, 0) is 9.31 Å². The van der Waals surface area contributed by atoms with Crippen molar-refractivity contribution in [3.63, 3.8) is 0 Å². The minimum Gasteiger partial charge on any atom is -0.399 e. The van der Waals surface area contributed by atoms with Gasteiger partial charge in [-0.05, 0) is 52.6 Å². The molecule has 0 spiro atoms. The second kappa shape index (κ2) is 4.50. The van der Waals surface area contributed by atoms with Crippen molar-refractivity contribution in [1.29, 1.82) is 0 Å². The predicted octanol–water partition coefficient (Wildman–Crippen LogP) is 3.33. The van der Waals surface area contributed by atoms with E-state index >= 15 is 0 Å². The van der Waals surface area contributed by atoms with E-state index in [9.17, 15) is 0 Å². The van der Waals surface area contributed by atoms with Crippen molar-refractivity contribution in [3.05, 3.63) is 35.9 Å². The second-order valence-corrected chi connectivity index (χ2v) is 6.46. The molecule has 0 bridgehead atoms. The number of hydrogen-bond donors (Lipinski definition) is 0. The van der Waals surface area contributed by atoms with E-state index in [0.717, 1.165) is 16.6 Å². The zero-order valence-corrected chi connectivity index (χ0v) is 12.8. The maximum Gasteiger partial charge on any atom is 0.495 e. The number of allylic oxidation sites excluding steroid dienone is 1. The number of rotatable bonds is 2. The van der Waals surface area contributed by atoms with Gasteiger partial charge in [0.25, 0.3) is 0 Å². The lowest BCUT2D eigenvalue weighted by Crippen LogP contribution is -2.41. The third-order valence-corrected chi connectivity index (χ3v) is 4.17. The van der Waals surface area contributed by atoms with Crippen LogP contribution in [0, 0.1) is 6.92 Å². The number of benzene rings is 1. The summed E-state index contributed by atoms with van der Waals surface area (Å²) in [4.78, 5) is 0. The summed E-state index contributed by atoms with van der Waals surface area (Å²) >= 11 is 0. The van der Waals surface area contributed by atoms with Crippen molar-refractivity contribution in [3.8, 4) is 0 Å². The minimum absolute atomic E-state index is 0.312. The summed E-state index contributed by atoms with van der Waals surface area (Å²) in [6, 6.07) is 6.32. The molecular formula is C16H23BO2. The average molecular weight is 258 g/mol. The molecule has 0 aromatic heterocycles. The highest BCUT2D eigenvalue weighted by Gasteiger charge is 2.52. The molecule has 2 nitrogen and oxygen atoms in total. The van der Waals surface area contributed by atoms with Gasteiger partial charge in [0.2, 0.25) is 0 Å². The van der Waals surface area contributed by atoms with Gasteiger partial charge in [-0.1, -0.05) is 35.9 Å². The Hall–Kier alpha value is -1.06. The van der Waals surface area contributed by atoms with Crippen LogP contribution < -0.4 is 5.46 Å². The summed E-state index contributed by atoms with van der Waals surface area (Å²) in [5.41, 5.74) is 3.80. The lowest BCUT2D eigenvalue weighted by atomic mass is 9.74. The normalized spacial score (nSPS) is 20.6. The summed E-state index contributed by atoms with van der Waals surface area (Å²) < 4.78 is 12.3.